The number of morpholine rings is 1. The van der Waals surface area contributed by atoms with E-state index in [-0.39, 0.29) is 17.0 Å². The van der Waals surface area contributed by atoms with Gasteiger partial charge in [0.1, 0.15) is 6.61 Å². The molecule has 3 heterocycles. The van der Waals surface area contributed by atoms with Crippen molar-refractivity contribution in [3.63, 3.8) is 0 Å². The van der Waals surface area contributed by atoms with E-state index >= 15 is 0 Å². The van der Waals surface area contributed by atoms with Gasteiger partial charge in [0.15, 0.2) is 23.5 Å². The first kappa shape index (κ1) is 21.9. The van der Waals surface area contributed by atoms with E-state index in [4.69, 9.17) is 21.1 Å². The van der Waals surface area contributed by atoms with Crippen LogP contribution in [0.15, 0.2) is 13.2 Å². The van der Waals surface area contributed by atoms with Crippen molar-refractivity contribution in [2.45, 2.75) is 6.04 Å². The molecule has 8 heteroatoms. The van der Waals surface area contributed by atoms with Crippen LogP contribution in [0, 0.1) is 12.8 Å². The summed E-state index contributed by atoms with van der Waals surface area (Å²) >= 11 is 5.80. The van der Waals surface area contributed by atoms with Crippen LogP contribution in [-0.2, 0) is 9.47 Å². The minimum Gasteiger partial charge on any atom is -0.485 e. The molecule has 1 unspecified atom stereocenters. The molecule has 7 nitrogen and oxygen atoms in total. The first-order valence-corrected chi connectivity index (χ1v) is 7.32. The number of ether oxygens (including phenoxy) is 3. The van der Waals surface area contributed by atoms with E-state index in [0.29, 0.717) is 44.2 Å². The van der Waals surface area contributed by atoms with Gasteiger partial charge < -0.3 is 19.1 Å². The smallest absolute Gasteiger partial charge is 0.225 e. The molecule has 0 N–H and O–H groups in total. The van der Waals surface area contributed by atoms with Crippen LogP contribution in [0.2, 0.25) is 5.28 Å². The van der Waals surface area contributed by atoms with E-state index in [1.54, 1.807) is 14.2 Å². The van der Waals surface area contributed by atoms with Gasteiger partial charge in [-0.05, 0) is 11.6 Å². The van der Waals surface area contributed by atoms with Crippen LogP contribution in [0.5, 0.6) is 5.75 Å². The van der Waals surface area contributed by atoms with Crippen molar-refractivity contribution in [3.8, 4) is 18.6 Å². The van der Waals surface area contributed by atoms with Gasteiger partial charge in [-0.15, -0.1) is 26.0 Å². The highest BCUT2D eigenvalue weighted by Crippen LogP contribution is 2.35. The third-order valence-corrected chi connectivity index (χ3v) is 3.05. The van der Waals surface area contributed by atoms with Crippen molar-refractivity contribution in [3.05, 3.63) is 24.1 Å². The Hall–Kier alpha value is -2.14. The minimum atomic E-state index is 0.0570. The number of carbonyl (C=O) groups excluding carboxylic acids is 1. The number of carbonyl (C=O) groups is 1. The average molecular weight is 356 g/mol. The van der Waals surface area contributed by atoms with Crippen molar-refractivity contribution < 1.29 is 19.0 Å². The van der Waals surface area contributed by atoms with Crippen molar-refractivity contribution in [1.82, 2.24) is 9.97 Å². The summed E-state index contributed by atoms with van der Waals surface area (Å²) in [5.74, 6) is 1.01. The monoisotopic (exact) mass is 355 g/mol. The number of aldehydes is 1. The lowest BCUT2D eigenvalue weighted by molar-refractivity contribution is 0.0692. The molecule has 1 saturated heterocycles. The first-order valence-electron chi connectivity index (χ1n) is 6.94. The topological polar surface area (TPSA) is 73.8 Å². The molecular weight excluding hydrogens is 334 g/mol. The van der Waals surface area contributed by atoms with Crippen molar-refractivity contribution >= 4 is 23.7 Å². The maximum absolute atomic E-state index is 10.9. The van der Waals surface area contributed by atoms with Gasteiger partial charge in [-0.25, -0.2) is 4.98 Å². The molecule has 0 amide bonds. The molecule has 2 aliphatic rings. The number of hydrogen-bond donors (Lipinski definition) is 0. The van der Waals surface area contributed by atoms with Gasteiger partial charge in [-0.1, -0.05) is 0 Å². The number of fused-ring (bicyclic) bond motifs is 3. The average Bonchev–Trinajstić information content (AvgIpc) is 2.65. The highest BCUT2D eigenvalue weighted by molar-refractivity contribution is 6.28. The molecule has 0 aliphatic carbocycles. The molecule has 1 aromatic rings. The summed E-state index contributed by atoms with van der Waals surface area (Å²) in [6, 6.07) is 0.127. The van der Waals surface area contributed by atoms with E-state index in [0.717, 1.165) is 0 Å². The normalized spacial score (nSPS) is 16.9. The Labute approximate surface area is 147 Å². The zero-order chi connectivity index (χ0) is 18.5. The summed E-state index contributed by atoms with van der Waals surface area (Å²) < 4.78 is 15.2. The second-order valence-corrected chi connectivity index (χ2v) is 4.63. The summed E-state index contributed by atoms with van der Waals surface area (Å²) in [7, 11) is 3.25. The first-order chi connectivity index (χ1) is 11.7. The molecule has 1 atom stereocenters. The Morgan fingerprint density at radius 2 is 1.96 bits per heavy atom. The third kappa shape index (κ3) is 5.49. The molecule has 0 spiro atoms. The molecule has 3 rings (SSSR count). The van der Waals surface area contributed by atoms with Crippen LogP contribution in [-0.4, -0.2) is 62.9 Å². The number of methoxy groups -OCH3 is 1. The van der Waals surface area contributed by atoms with E-state index in [9.17, 15) is 4.79 Å². The molecule has 2 aliphatic heterocycles. The summed E-state index contributed by atoms with van der Waals surface area (Å²) in [6.45, 7) is 8.41. The van der Waals surface area contributed by atoms with Gasteiger partial charge in [0.05, 0.1) is 19.3 Å². The van der Waals surface area contributed by atoms with Crippen LogP contribution in [0.1, 0.15) is 10.5 Å². The quantitative estimate of drug-likeness (QED) is 0.329. The van der Waals surface area contributed by atoms with Crippen molar-refractivity contribution in [2.75, 3.05) is 45.5 Å². The summed E-state index contributed by atoms with van der Waals surface area (Å²) in [6.07, 6.45) is 8.63. The van der Waals surface area contributed by atoms with Crippen molar-refractivity contribution in [2.24, 2.45) is 0 Å². The zero-order valence-corrected chi connectivity index (χ0v) is 14.7. The number of halogens is 1. The summed E-state index contributed by atoms with van der Waals surface area (Å²) in [5.41, 5.74) is 0.199. The fourth-order valence-corrected chi connectivity index (χ4v) is 2.26. The number of nitrogens with zero attached hydrogens (tertiary/aromatic N) is 3. The number of terminal acetylenes is 1. The molecule has 1 fully saturated rings. The Morgan fingerprint density at radius 1 is 1.33 bits per heavy atom. The second-order valence-electron chi connectivity index (χ2n) is 4.29. The number of aromatic nitrogens is 2. The highest BCUT2D eigenvalue weighted by atomic mass is 35.5. The molecule has 0 radical (unpaired) electrons. The van der Waals surface area contributed by atoms with E-state index in [1.165, 1.54) is 0 Å². The Morgan fingerprint density at radius 3 is 2.54 bits per heavy atom. The molecular formula is C16H22ClN3O4. The molecule has 1 aromatic heterocycles. The number of rotatable bonds is 1. The van der Waals surface area contributed by atoms with Crippen LogP contribution >= 0.6 is 11.6 Å². The number of hydrogen-bond acceptors (Lipinski definition) is 7. The Kier molecular flexibility index (Phi) is 11.2. The van der Waals surface area contributed by atoms with E-state index < -0.39 is 0 Å². The zero-order valence-electron chi connectivity index (χ0n) is 13.9. The van der Waals surface area contributed by atoms with Crippen LogP contribution in [0.3, 0.4) is 0 Å². The van der Waals surface area contributed by atoms with Crippen LogP contribution in [0.25, 0.3) is 0 Å². The summed E-state index contributed by atoms with van der Waals surface area (Å²) in [4.78, 5) is 21.0. The molecule has 0 saturated carbocycles. The molecule has 24 heavy (non-hydrogen) atoms. The van der Waals surface area contributed by atoms with Gasteiger partial charge in [0, 0.05) is 20.8 Å². The van der Waals surface area contributed by atoms with E-state index in [1.807, 2.05) is 0 Å². The van der Waals surface area contributed by atoms with E-state index in [2.05, 4.69) is 45.6 Å². The van der Waals surface area contributed by atoms with Gasteiger partial charge in [-0.2, -0.15) is 4.98 Å². The van der Waals surface area contributed by atoms with Crippen LogP contribution < -0.4 is 9.64 Å². The van der Waals surface area contributed by atoms with Gasteiger partial charge in [0.25, 0.3) is 0 Å². The lowest BCUT2D eigenvalue weighted by atomic mass is 10.2. The second kappa shape index (κ2) is 12.3. The predicted octanol–water partition coefficient (Wildman–Crippen LogP) is 1.85. The highest BCUT2D eigenvalue weighted by Gasteiger charge is 2.33. The predicted molar refractivity (Wildman–Crippen MR) is 94.0 cm³/mol. The fraction of sp³-hybridized carbons (Fsp3) is 0.438. The maximum atomic E-state index is 10.9. The number of anilines is 1. The largest absolute Gasteiger partial charge is 0.485 e. The SMILES string of the molecule is C#C.C=C.COC.O=Cc1nc(Cl)nc2c1OCC1COCCN21. The molecule has 0 bridgehead atoms. The minimum absolute atomic E-state index is 0.0570. The van der Waals surface area contributed by atoms with Gasteiger partial charge in [-0.3, -0.25) is 4.79 Å². The Balaban J connectivity index is 0.000000667. The van der Waals surface area contributed by atoms with Gasteiger partial charge >= 0.3 is 0 Å². The lowest BCUT2D eigenvalue weighted by Crippen LogP contribution is -2.51. The maximum Gasteiger partial charge on any atom is 0.225 e. The lowest BCUT2D eigenvalue weighted by Gasteiger charge is -2.40. The fourth-order valence-electron chi connectivity index (χ4n) is 2.09. The molecule has 0 aromatic carbocycles. The third-order valence-electron chi connectivity index (χ3n) is 2.88. The van der Waals surface area contributed by atoms with Crippen LogP contribution in [0.4, 0.5) is 5.82 Å². The van der Waals surface area contributed by atoms with Gasteiger partial charge in [0.2, 0.25) is 5.28 Å². The standard InChI is InChI=1S/C10H10ClN3O3.C2H6O.C2H4.C2H2/c11-10-12-7(3-15)8-9(13-10)14-1-2-16-4-6(14)5-17-8;1-3-2;2*1-2/h3,6H,1-2,4-5H2;1-2H3;1-2H2;1-2H. The Bertz CT molecular complexity index is 540. The molecule has 132 valence electrons. The summed E-state index contributed by atoms with van der Waals surface area (Å²) in [5, 5.41) is 0.0570. The van der Waals surface area contributed by atoms with Crippen molar-refractivity contribution in [1.29, 1.82) is 0 Å².